The number of carbonyl (C=O) groups excluding carboxylic acids is 2. The van der Waals surface area contributed by atoms with Gasteiger partial charge in [0.15, 0.2) is 5.69 Å². The van der Waals surface area contributed by atoms with Crippen LogP contribution in [0, 0.1) is 0 Å². The first kappa shape index (κ1) is 15.7. The summed E-state index contributed by atoms with van der Waals surface area (Å²) in [6, 6.07) is 9.51. The van der Waals surface area contributed by atoms with Crippen molar-refractivity contribution in [2.45, 2.75) is 19.9 Å². The molecule has 2 amide bonds. The Morgan fingerprint density at radius 3 is 2.62 bits per heavy atom. The third-order valence-electron chi connectivity index (χ3n) is 3.64. The van der Waals surface area contributed by atoms with Gasteiger partial charge in [0.05, 0.1) is 17.2 Å². The molecule has 7 nitrogen and oxygen atoms in total. The molecule has 0 radical (unpaired) electrons. The van der Waals surface area contributed by atoms with Gasteiger partial charge in [0.2, 0.25) is 5.91 Å². The summed E-state index contributed by atoms with van der Waals surface area (Å²) in [5, 5.41) is 5.59. The molecule has 0 saturated carbocycles. The Morgan fingerprint density at radius 2 is 1.92 bits per heavy atom. The number of fused-ring (bicyclic) bond motifs is 1. The largest absolute Gasteiger partial charge is 0.356 e. The number of amides is 2. The topological polar surface area (TPSA) is 99.8 Å². The van der Waals surface area contributed by atoms with Crippen LogP contribution >= 0.6 is 0 Å². The molecule has 1 atom stereocenters. The van der Waals surface area contributed by atoms with E-state index in [0.29, 0.717) is 16.7 Å². The standard InChI is InChI=1S/C17H17N5O2/c1-10(12-6-4-3-5-7-12)21-17(24)16-15-14(19-9-20-16)13(8-18-15)22-11(2)23/h3-10,18H,1-2H3,(H,21,24)(H,22,23)/t10-/m1/s1. The Morgan fingerprint density at radius 1 is 1.17 bits per heavy atom. The van der Waals surface area contributed by atoms with Crippen molar-refractivity contribution in [1.82, 2.24) is 20.3 Å². The number of benzene rings is 1. The minimum Gasteiger partial charge on any atom is -0.356 e. The van der Waals surface area contributed by atoms with Crippen LogP contribution in [0.1, 0.15) is 35.9 Å². The van der Waals surface area contributed by atoms with Gasteiger partial charge in [-0.25, -0.2) is 9.97 Å². The average molecular weight is 323 g/mol. The summed E-state index contributed by atoms with van der Waals surface area (Å²) in [5.41, 5.74) is 2.74. The van der Waals surface area contributed by atoms with E-state index < -0.39 is 0 Å². The number of aromatic amines is 1. The number of nitrogens with one attached hydrogen (secondary N) is 3. The van der Waals surface area contributed by atoms with Gasteiger partial charge in [-0.15, -0.1) is 0 Å². The van der Waals surface area contributed by atoms with E-state index in [4.69, 9.17) is 0 Å². The molecule has 3 N–H and O–H groups in total. The van der Waals surface area contributed by atoms with Crippen LogP contribution in [0.3, 0.4) is 0 Å². The highest BCUT2D eigenvalue weighted by molar-refractivity contribution is 6.07. The molecule has 122 valence electrons. The molecule has 0 aliphatic heterocycles. The highest BCUT2D eigenvalue weighted by atomic mass is 16.2. The molecule has 0 fully saturated rings. The number of H-pyrrole nitrogens is 1. The second-order valence-corrected chi connectivity index (χ2v) is 5.44. The molecule has 3 rings (SSSR count). The zero-order valence-electron chi connectivity index (χ0n) is 13.3. The molecule has 7 heteroatoms. The Kier molecular flexibility index (Phi) is 4.24. The molecule has 0 saturated heterocycles. The van der Waals surface area contributed by atoms with E-state index in [1.807, 2.05) is 37.3 Å². The summed E-state index contributed by atoms with van der Waals surface area (Å²) < 4.78 is 0. The first-order valence-corrected chi connectivity index (χ1v) is 7.51. The van der Waals surface area contributed by atoms with Gasteiger partial charge in [-0.3, -0.25) is 9.59 Å². The van der Waals surface area contributed by atoms with E-state index in [1.165, 1.54) is 13.3 Å². The maximum Gasteiger partial charge on any atom is 0.272 e. The zero-order valence-corrected chi connectivity index (χ0v) is 13.3. The molecular formula is C17H17N5O2. The van der Waals surface area contributed by atoms with Crippen LogP contribution in [-0.2, 0) is 4.79 Å². The Bertz CT molecular complexity index is 888. The number of rotatable bonds is 4. The second kappa shape index (κ2) is 6.49. The molecule has 24 heavy (non-hydrogen) atoms. The molecule has 3 aromatic rings. The fourth-order valence-electron chi connectivity index (χ4n) is 2.49. The van der Waals surface area contributed by atoms with E-state index in [2.05, 4.69) is 25.6 Å². The van der Waals surface area contributed by atoms with Gasteiger partial charge < -0.3 is 15.6 Å². The van der Waals surface area contributed by atoms with Crippen molar-refractivity contribution in [3.05, 3.63) is 54.1 Å². The molecule has 2 heterocycles. The maximum absolute atomic E-state index is 12.6. The van der Waals surface area contributed by atoms with Crippen molar-refractivity contribution in [3.8, 4) is 0 Å². The molecule has 0 bridgehead atoms. The van der Waals surface area contributed by atoms with E-state index >= 15 is 0 Å². The van der Waals surface area contributed by atoms with Crippen LogP contribution in [0.2, 0.25) is 0 Å². The lowest BCUT2D eigenvalue weighted by molar-refractivity contribution is -0.114. The normalized spacial score (nSPS) is 11.9. The number of hydrogen-bond donors (Lipinski definition) is 3. The minimum atomic E-state index is -0.310. The number of anilines is 1. The van der Waals surface area contributed by atoms with Crippen LogP contribution < -0.4 is 10.6 Å². The fourth-order valence-corrected chi connectivity index (χ4v) is 2.49. The van der Waals surface area contributed by atoms with Crippen molar-refractivity contribution in [1.29, 1.82) is 0 Å². The SMILES string of the molecule is CC(=O)Nc1c[nH]c2c(C(=O)N[C@H](C)c3ccccc3)ncnc12. The van der Waals surface area contributed by atoms with Crippen molar-refractivity contribution >= 4 is 28.5 Å². The first-order valence-electron chi connectivity index (χ1n) is 7.51. The smallest absolute Gasteiger partial charge is 0.272 e. The Hall–Kier alpha value is -3.22. The lowest BCUT2D eigenvalue weighted by atomic mass is 10.1. The molecule has 0 aliphatic carbocycles. The summed E-state index contributed by atoms with van der Waals surface area (Å²) in [7, 11) is 0. The van der Waals surface area contributed by atoms with Gasteiger partial charge in [0.1, 0.15) is 11.8 Å². The van der Waals surface area contributed by atoms with Crippen molar-refractivity contribution < 1.29 is 9.59 Å². The van der Waals surface area contributed by atoms with Gasteiger partial charge in [-0.2, -0.15) is 0 Å². The zero-order chi connectivity index (χ0) is 17.1. The van der Waals surface area contributed by atoms with Crippen LogP contribution in [-0.4, -0.2) is 26.8 Å². The predicted octanol–water partition coefficient (Wildman–Crippen LogP) is 2.41. The highest BCUT2D eigenvalue weighted by Gasteiger charge is 2.18. The van der Waals surface area contributed by atoms with Crippen molar-refractivity contribution in [3.63, 3.8) is 0 Å². The lowest BCUT2D eigenvalue weighted by Crippen LogP contribution is -2.27. The molecule has 0 aliphatic rings. The van der Waals surface area contributed by atoms with Crippen LogP contribution in [0.4, 0.5) is 5.69 Å². The van der Waals surface area contributed by atoms with E-state index in [0.717, 1.165) is 5.56 Å². The van der Waals surface area contributed by atoms with Crippen LogP contribution in [0.5, 0.6) is 0 Å². The Balaban J connectivity index is 1.87. The van der Waals surface area contributed by atoms with Crippen LogP contribution in [0.15, 0.2) is 42.9 Å². The predicted molar refractivity (Wildman–Crippen MR) is 90.5 cm³/mol. The maximum atomic E-state index is 12.6. The van der Waals surface area contributed by atoms with Crippen LogP contribution in [0.25, 0.3) is 11.0 Å². The highest BCUT2D eigenvalue weighted by Crippen LogP contribution is 2.23. The lowest BCUT2D eigenvalue weighted by Gasteiger charge is -2.14. The van der Waals surface area contributed by atoms with Gasteiger partial charge in [-0.05, 0) is 12.5 Å². The molecule has 0 spiro atoms. The number of aromatic nitrogens is 3. The summed E-state index contributed by atoms with van der Waals surface area (Å²) in [5.74, 6) is -0.520. The molecule has 0 unspecified atom stereocenters. The van der Waals surface area contributed by atoms with Crippen molar-refractivity contribution in [2.75, 3.05) is 5.32 Å². The van der Waals surface area contributed by atoms with Gasteiger partial charge >= 0.3 is 0 Å². The number of nitrogens with zero attached hydrogens (tertiary/aromatic N) is 2. The summed E-state index contributed by atoms with van der Waals surface area (Å²) in [6.45, 7) is 3.32. The quantitative estimate of drug-likeness (QED) is 0.686. The molecule has 1 aromatic carbocycles. The third-order valence-corrected chi connectivity index (χ3v) is 3.64. The first-order chi connectivity index (χ1) is 11.6. The molecule has 2 aromatic heterocycles. The summed E-state index contributed by atoms with van der Waals surface area (Å²) >= 11 is 0. The third kappa shape index (κ3) is 3.10. The van der Waals surface area contributed by atoms with E-state index in [-0.39, 0.29) is 23.6 Å². The Labute approximate surface area is 138 Å². The van der Waals surface area contributed by atoms with Gasteiger partial charge in [0, 0.05) is 13.1 Å². The van der Waals surface area contributed by atoms with Gasteiger partial charge in [0.25, 0.3) is 5.91 Å². The minimum absolute atomic E-state index is 0.159. The second-order valence-electron chi connectivity index (χ2n) is 5.44. The number of hydrogen-bond acceptors (Lipinski definition) is 4. The average Bonchev–Trinajstić information content (AvgIpc) is 2.98. The fraction of sp³-hybridized carbons (Fsp3) is 0.176. The monoisotopic (exact) mass is 323 g/mol. The van der Waals surface area contributed by atoms with E-state index in [1.54, 1.807) is 6.20 Å². The van der Waals surface area contributed by atoms with Gasteiger partial charge in [-0.1, -0.05) is 30.3 Å². The summed E-state index contributed by atoms with van der Waals surface area (Å²) in [4.78, 5) is 35.0. The summed E-state index contributed by atoms with van der Waals surface area (Å²) in [6.07, 6.45) is 2.90. The van der Waals surface area contributed by atoms with Crippen molar-refractivity contribution in [2.24, 2.45) is 0 Å². The molecular weight excluding hydrogens is 306 g/mol. The number of carbonyl (C=O) groups is 2. The van der Waals surface area contributed by atoms with E-state index in [9.17, 15) is 9.59 Å².